The Balaban J connectivity index is 2.94. The molecular weight excluding hydrogens is 184 g/mol. The molecule has 2 heteroatoms. The van der Waals surface area contributed by atoms with E-state index in [0.717, 1.165) is 12.2 Å². The first-order valence-electron chi connectivity index (χ1n) is 4.41. The molecule has 0 aliphatic rings. The van der Waals surface area contributed by atoms with Crippen LogP contribution in [0.15, 0.2) is 18.2 Å². The Kier molecular flexibility index (Phi) is 3.61. The second kappa shape index (κ2) is 4.52. The number of aryl methyl sites for hydroxylation is 1. The van der Waals surface area contributed by atoms with Gasteiger partial charge in [0.2, 0.25) is 0 Å². The van der Waals surface area contributed by atoms with Gasteiger partial charge in [0.05, 0.1) is 7.11 Å². The van der Waals surface area contributed by atoms with E-state index in [9.17, 15) is 0 Å². The van der Waals surface area contributed by atoms with Crippen LogP contribution in [0.5, 0.6) is 5.75 Å². The number of ether oxygens (including phenoxy) is 1. The summed E-state index contributed by atoms with van der Waals surface area (Å²) in [5.41, 5.74) is 2.43. The largest absolute Gasteiger partial charge is 0.496 e. The van der Waals surface area contributed by atoms with Crippen LogP contribution >= 0.6 is 11.6 Å². The van der Waals surface area contributed by atoms with E-state index in [1.165, 1.54) is 11.1 Å². The van der Waals surface area contributed by atoms with Crippen molar-refractivity contribution in [3.8, 4) is 5.75 Å². The van der Waals surface area contributed by atoms with Crippen LogP contribution < -0.4 is 4.74 Å². The maximum atomic E-state index is 5.94. The van der Waals surface area contributed by atoms with Crippen LogP contribution in [0.3, 0.4) is 0 Å². The smallest absolute Gasteiger partial charge is 0.122 e. The molecule has 1 nitrogen and oxygen atoms in total. The number of halogens is 1. The molecule has 0 N–H and O–H groups in total. The van der Waals surface area contributed by atoms with Crippen LogP contribution in [0.4, 0.5) is 0 Å². The highest BCUT2D eigenvalue weighted by Crippen LogP contribution is 2.22. The zero-order chi connectivity index (χ0) is 9.84. The lowest BCUT2D eigenvalue weighted by atomic mass is 10.1. The summed E-state index contributed by atoms with van der Waals surface area (Å²) in [7, 11) is 1.69. The van der Waals surface area contributed by atoms with E-state index in [1.54, 1.807) is 7.11 Å². The molecule has 0 radical (unpaired) electrons. The second-order valence-electron chi connectivity index (χ2n) is 3.30. The first-order chi connectivity index (χ1) is 6.13. The Morgan fingerprint density at radius 3 is 2.69 bits per heavy atom. The molecule has 0 aliphatic heterocycles. The molecule has 0 aromatic heterocycles. The summed E-state index contributed by atoms with van der Waals surface area (Å²) in [6.07, 6.45) is 0.854. The summed E-state index contributed by atoms with van der Waals surface area (Å²) in [4.78, 5) is 0. The van der Waals surface area contributed by atoms with E-state index in [2.05, 4.69) is 13.0 Å². The fourth-order valence-electron chi connectivity index (χ4n) is 1.37. The normalized spacial score (nSPS) is 12.6. The highest BCUT2D eigenvalue weighted by atomic mass is 35.5. The van der Waals surface area contributed by atoms with Crippen molar-refractivity contribution in [3.05, 3.63) is 29.3 Å². The lowest BCUT2D eigenvalue weighted by Gasteiger charge is -2.10. The van der Waals surface area contributed by atoms with E-state index in [1.807, 2.05) is 19.1 Å². The Bertz CT molecular complexity index is 281. The molecule has 0 heterocycles. The van der Waals surface area contributed by atoms with Gasteiger partial charge >= 0.3 is 0 Å². The molecule has 1 aromatic rings. The average Bonchev–Trinajstić information content (AvgIpc) is 2.03. The van der Waals surface area contributed by atoms with Crippen LogP contribution in [-0.4, -0.2) is 12.5 Å². The van der Waals surface area contributed by atoms with Gasteiger partial charge in [0, 0.05) is 5.38 Å². The lowest BCUT2D eigenvalue weighted by Crippen LogP contribution is -2.00. The highest BCUT2D eigenvalue weighted by molar-refractivity contribution is 6.20. The highest BCUT2D eigenvalue weighted by Gasteiger charge is 2.05. The van der Waals surface area contributed by atoms with E-state index < -0.39 is 0 Å². The van der Waals surface area contributed by atoms with Crippen molar-refractivity contribution in [1.82, 2.24) is 0 Å². The zero-order valence-corrected chi connectivity index (χ0v) is 9.06. The number of hydrogen-bond donors (Lipinski definition) is 0. The van der Waals surface area contributed by atoms with Crippen LogP contribution in [0.25, 0.3) is 0 Å². The van der Waals surface area contributed by atoms with Crippen molar-refractivity contribution >= 4 is 11.6 Å². The summed E-state index contributed by atoms with van der Waals surface area (Å²) in [6, 6.07) is 6.16. The Morgan fingerprint density at radius 1 is 1.46 bits per heavy atom. The summed E-state index contributed by atoms with van der Waals surface area (Å²) in [5, 5.41) is 0.149. The minimum absolute atomic E-state index is 0.149. The van der Waals surface area contributed by atoms with Crippen molar-refractivity contribution in [3.63, 3.8) is 0 Å². The van der Waals surface area contributed by atoms with Gasteiger partial charge < -0.3 is 4.74 Å². The fraction of sp³-hybridized carbons (Fsp3) is 0.455. The van der Waals surface area contributed by atoms with Crippen LogP contribution in [0.2, 0.25) is 0 Å². The van der Waals surface area contributed by atoms with Crippen LogP contribution in [-0.2, 0) is 6.42 Å². The van der Waals surface area contributed by atoms with Gasteiger partial charge in [-0.2, -0.15) is 0 Å². The van der Waals surface area contributed by atoms with Crippen molar-refractivity contribution in [2.24, 2.45) is 0 Å². The average molecular weight is 199 g/mol. The number of methoxy groups -OCH3 is 1. The Morgan fingerprint density at radius 2 is 2.15 bits per heavy atom. The zero-order valence-electron chi connectivity index (χ0n) is 8.30. The topological polar surface area (TPSA) is 9.23 Å². The summed E-state index contributed by atoms with van der Waals surface area (Å²) in [5.74, 6) is 0.929. The van der Waals surface area contributed by atoms with Gasteiger partial charge in [-0.25, -0.2) is 0 Å². The monoisotopic (exact) mass is 198 g/mol. The van der Waals surface area contributed by atoms with Crippen molar-refractivity contribution in [2.75, 3.05) is 7.11 Å². The van der Waals surface area contributed by atoms with Crippen molar-refractivity contribution in [1.29, 1.82) is 0 Å². The molecular formula is C11H15ClO. The molecule has 0 aliphatic carbocycles. The Labute approximate surface area is 84.7 Å². The van der Waals surface area contributed by atoms with Crippen molar-refractivity contribution < 1.29 is 4.74 Å². The van der Waals surface area contributed by atoms with Gasteiger partial charge in [-0.3, -0.25) is 0 Å². The van der Waals surface area contributed by atoms with Gasteiger partial charge in [-0.05, 0) is 31.9 Å². The minimum Gasteiger partial charge on any atom is -0.496 e. The molecule has 0 spiro atoms. The molecule has 0 saturated carbocycles. The standard InChI is InChI=1S/C11H15ClO/c1-8-4-5-11(13-3)10(6-8)7-9(2)12/h4-6,9H,7H2,1-3H3. The van der Waals surface area contributed by atoms with E-state index in [4.69, 9.17) is 16.3 Å². The van der Waals surface area contributed by atoms with Gasteiger partial charge in [-0.15, -0.1) is 11.6 Å². The number of benzene rings is 1. The van der Waals surface area contributed by atoms with E-state index in [0.29, 0.717) is 0 Å². The molecule has 1 atom stereocenters. The third-order valence-electron chi connectivity index (χ3n) is 1.94. The maximum Gasteiger partial charge on any atom is 0.122 e. The van der Waals surface area contributed by atoms with Crippen LogP contribution in [0.1, 0.15) is 18.1 Å². The fourth-order valence-corrected chi connectivity index (χ4v) is 1.54. The molecule has 1 rings (SSSR count). The molecule has 1 unspecified atom stereocenters. The molecule has 1 aromatic carbocycles. The maximum absolute atomic E-state index is 5.94. The van der Waals surface area contributed by atoms with Gasteiger partial charge in [0.15, 0.2) is 0 Å². The molecule has 0 saturated heterocycles. The molecule has 0 amide bonds. The van der Waals surface area contributed by atoms with E-state index >= 15 is 0 Å². The van der Waals surface area contributed by atoms with Gasteiger partial charge in [-0.1, -0.05) is 17.7 Å². The number of alkyl halides is 1. The van der Waals surface area contributed by atoms with Crippen LogP contribution in [0, 0.1) is 6.92 Å². The third kappa shape index (κ3) is 2.92. The predicted octanol–water partition coefficient (Wildman–Crippen LogP) is 3.17. The molecule has 0 bridgehead atoms. The summed E-state index contributed by atoms with van der Waals surface area (Å²) < 4.78 is 5.24. The van der Waals surface area contributed by atoms with E-state index in [-0.39, 0.29) is 5.38 Å². The second-order valence-corrected chi connectivity index (χ2v) is 4.05. The quantitative estimate of drug-likeness (QED) is 0.678. The number of rotatable bonds is 3. The van der Waals surface area contributed by atoms with Crippen molar-refractivity contribution in [2.45, 2.75) is 25.6 Å². The SMILES string of the molecule is COc1ccc(C)cc1CC(C)Cl. The first-order valence-corrected chi connectivity index (χ1v) is 4.84. The molecule has 72 valence electrons. The van der Waals surface area contributed by atoms with Gasteiger partial charge in [0.25, 0.3) is 0 Å². The molecule has 0 fully saturated rings. The molecule has 13 heavy (non-hydrogen) atoms. The summed E-state index contributed by atoms with van der Waals surface area (Å²) >= 11 is 5.94. The third-order valence-corrected chi connectivity index (χ3v) is 2.09. The predicted molar refractivity (Wildman–Crippen MR) is 56.8 cm³/mol. The lowest BCUT2D eigenvalue weighted by molar-refractivity contribution is 0.409. The van der Waals surface area contributed by atoms with Gasteiger partial charge in [0.1, 0.15) is 5.75 Å². The Hall–Kier alpha value is -0.690. The summed E-state index contributed by atoms with van der Waals surface area (Å²) in [6.45, 7) is 4.06. The number of hydrogen-bond acceptors (Lipinski definition) is 1. The first kappa shape index (κ1) is 10.4. The minimum atomic E-state index is 0.149.